The largest absolute Gasteiger partial charge is 0.478 e. The Morgan fingerprint density at radius 3 is 2.95 bits per heavy atom. The lowest BCUT2D eigenvalue weighted by molar-refractivity contribution is -0.135. The summed E-state index contributed by atoms with van der Waals surface area (Å²) in [6.07, 6.45) is 5.09. The van der Waals surface area contributed by atoms with Crippen molar-refractivity contribution in [1.29, 1.82) is 0 Å². The average Bonchev–Trinajstić information content (AvgIpc) is 2.52. The Kier molecular flexibility index (Phi) is 5.51. The molecule has 21 heavy (non-hydrogen) atoms. The molecule has 0 saturated carbocycles. The number of aliphatic carboxylic acids is 1. The molecule has 1 amide bonds. The van der Waals surface area contributed by atoms with Crippen molar-refractivity contribution in [1.82, 2.24) is 5.32 Å². The van der Waals surface area contributed by atoms with Gasteiger partial charge >= 0.3 is 5.97 Å². The van der Waals surface area contributed by atoms with Crippen LogP contribution in [0.1, 0.15) is 30.4 Å². The Bertz CT molecular complexity index is 533. The van der Waals surface area contributed by atoms with Gasteiger partial charge in [-0.1, -0.05) is 18.2 Å². The molecule has 0 aliphatic carbocycles. The maximum atomic E-state index is 11.9. The van der Waals surface area contributed by atoms with Crippen molar-refractivity contribution in [3.63, 3.8) is 0 Å². The molecule has 2 rings (SSSR count). The van der Waals surface area contributed by atoms with Crippen LogP contribution in [0.25, 0.3) is 6.08 Å². The van der Waals surface area contributed by atoms with E-state index in [2.05, 4.69) is 5.32 Å². The zero-order valence-electron chi connectivity index (χ0n) is 11.7. The van der Waals surface area contributed by atoms with E-state index in [1.54, 1.807) is 0 Å². The fourth-order valence-electron chi connectivity index (χ4n) is 2.22. The topological polar surface area (TPSA) is 75.6 Å². The van der Waals surface area contributed by atoms with Gasteiger partial charge in [-0.05, 0) is 42.5 Å². The Balaban J connectivity index is 1.89. The summed E-state index contributed by atoms with van der Waals surface area (Å²) in [5, 5.41) is 11.5. The number of amides is 1. The van der Waals surface area contributed by atoms with Gasteiger partial charge in [0.1, 0.15) is 6.10 Å². The first-order valence-corrected chi connectivity index (χ1v) is 7.04. The van der Waals surface area contributed by atoms with E-state index in [-0.39, 0.29) is 12.0 Å². The van der Waals surface area contributed by atoms with E-state index in [9.17, 15) is 9.59 Å². The zero-order valence-corrected chi connectivity index (χ0v) is 11.7. The van der Waals surface area contributed by atoms with E-state index >= 15 is 0 Å². The summed E-state index contributed by atoms with van der Waals surface area (Å²) >= 11 is 0. The summed E-state index contributed by atoms with van der Waals surface area (Å²) in [6.45, 7) is 1.06. The van der Waals surface area contributed by atoms with Gasteiger partial charge in [0, 0.05) is 19.2 Å². The Morgan fingerprint density at radius 1 is 1.38 bits per heavy atom. The summed E-state index contributed by atoms with van der Waals surface area (Å²) in [6, 6.07) is 7.39. The minimum Gasteiger partial charge on any atom is -0.478 e. The minimum absolute atomic E-state index is 0.0822. The number of carbonyl (C=O) groups excluding carboxylic acids is 1. The molecule has 0 bridgehead atoms. The third-order valence-electron chi connectivity index (χ3n) is 3.31. The molecule has 112 valence electrons. The molecule has 5 nitrogen and oxygen atoms in total. The highest BCUT2D eigenvalue weighted by Crippen LogP contribution is 2.13. The van der Waals surface area contributed by atoms with E-state index in [4.69, 9.17) is 9.84 Å². The lowest BCUT2D eigenvalue weighted by atomic mass is 10.1. The molecule has 1 heterocycles. The smallest absolute Gasteiger partial charge is 0.328 e. The first kappa shape index (κ1) is 15.3. The number of hydrogen-bond acceptors (Lipinski definition) is 3. The van der Waals surface area contributed by atoms with E-state index in [1.807, 2.05) is 24.3 Å². The lowest BCUT2D eigenvalue weighted by Gasteiger charge is -2.21. The highest BCUT2D eigenvalue weighted by Gasteiger charge is 2.21. The predicted octanol–water partition coefficient (Wildman–Crippen LogP) is 1.97. The Labute approximate surface area is 123 Å². The molecular weight excluding hydrogens is 270 g/mol. The van der Waals surface area contributed by atoms with Gasteiger partial charge in [0.25, 0.3) is 0 Å². The molecular formula is C16H19NO4. The van der Waals surface area contributed by atoms with Crippen molar-refractivity contribution < 1.29 is 19.4 Å². The van der Waals surface area contributed by atoms with Gasteiger partial charge in [-0.15, -0.1) is 0 Å². The van der Waals surface area contributed by atoms with Crippen molar-refractivity contribution >= 4 is 18.0 Å². The number of nitrogens with one attached hydrogen (secondary N) is 1. The molecule has 2 N–H and O–H groups in total. The summed E-state index contributed by atoms with van der Waals surface area (Å²) in [5.41, 5.74) is 1.71. The van der Waals surface area contributed by atoms with Crippen LogP contribution in [0.3, 0.4) is 0 Å². The summed E-state index contributed by atoms with van der Waals surface area (Å²) < 4.78 is 5.43. The van der Waals surface area contributed by atoms with Gasteiger partial charge in [-0.2, -0.15) is 0 Å². The first-order valence-electron chi connectivity index (χ1n) is 7.04. The van der Waals surface area contributed by atoms with E-state index in [0.29, 0.717) is 13.2 Å². The third-order valence-corrected chi connectivity index (χ3v) is 3.31. The van der Waals surface area contributed by atoms with Gasteiger partial charge in [0.05, 0.1) is 0 Å². The predicted molar refractivity (Wildman–Crippen MR) is 78.5 cm³/mol. The number of hydrogen-bond donors (Lipinski definition) is 2. The van der Waals surface area contributed by atoms with E-state index in [0.717, 1.165) is 36.5 Å². The number of carbonyl (C=O) groups is 2. The molecule has 0 aromatic heterocycles. The summed E-state index contributed by atoms with van der Waals surface area (Å²) in [7, 11) is 0. The van der Waals surface area contributed by atoms with Gasteiger partial charge in [-0.25, -0.2) is 4.79 Å². The maximum Gasteiger partial charge on any atom is 0.328 e. The van der Waals surface area contributed by atoms with Gasteiger partial charge in [0.2, 0.25) is 5.91 Å². The average molecular weight is 289 g/mol. The van der Waals surface area contributed by atoms with Crippen molar-refractivity contribution in [3.05, 3.63) is 41.5 Å². The fraction of sp³-hybridized carbons (Fsp3) is 0.375. The normalized spacial score (nSPS) is 18.6. The molecule has 1 atom stereocenters. The number of benzene rings is 1. The fourth-order valence-corrected chi connectivity index (χ4v) is 2.22. The standard InChI is InChI=1S/C16H19NO4/c18-15(19)8-7-12-4-3-5-13(10-12)11-17-16(20)14-6-1-2-9-21-14/h3-5,7-8,10,14H,1-2,6,9,11H2,(H,17,20)(H,18,19). The van der Waals surface area contributed by atoms with Crippen LogP contribution < -0.4 is 5.32 Å². The maximum absolute atomic E-state index is 11.9. The summed E-state index contributed by atoms with van der Waals surface area (Å²) in [4.78, 5) is 22.4. The number of ether oxygens (including phenoxy) is 1. The highest BCUT2D eigenvalue weighted by atomic mass is 16.5. The molecule has 1 fully saturated rings. The van der Waals surface area contributed by atoms with Crippen LogP contribution >= 0.6 is 0 Å². The lowest BCUT2D eigenvalue weighted by Crippen LogP contribution is -2.37. The van der Waals surface area contributed by atoms with E-state index < -0.39 is 5.97 Å². The molecule has 1 aliphatic heterocycles. The van der Waals surface area contributed by atoms with E-state index in [1.165, 1.54) is 6.08 Å². The second kappa shape index (κ2) is 7.59. The molecule has 1 aromatic rings. The Hall–Kier alpha value is -2.14. The molecule has 1 saturated heterocycles. The monoisotopic (exact) mass is 289 g/mol. The van der Waals surface area contributed by atoms with Crippen LogP contribution in [0, 0.1) is 0 Å². The molecule has 1 aliphatic rings. The second-order valence-corrected chi connectivity index (χ2v) is 4.99. The SMILES string of the molecule is O=C(O)C=Cc1cccc(CNC(=O)C2CCCCO2)c1. The first-order chi connectivity index (χ1) is 10.1. The molecule has 0 radical (unpaired) electrons. The Morgan fingerprint density at radius 2 is 2.24 bits per heavy atom. The molecule has 1 aromatic carbocycles. The van der Waals surface area contributed by atoms with Crippen molar-refractivity contribution in [3.8, 4) is 0 Å². The number of rotatable bonds is 5. The van der Waals surface area contributed by atoms with Crippen LogP contribution in [0.5, 0.6) is 0 Å². The van der Waals surface area contributed by atoms with Crippen molar-refractivity contribution in [2.24, 2.45) is 0 Å². The van der Waals surface area contributed by atoms with Gasteiger partial charge < -0.3 is 15.2 Å². The molecule has 5 heteroatoms. The quantitative estimate of drug-likeness (QED) is 0.813. The second-order valence-electron chi connectivity index (χ2n) is 4.99. The van der Waals surface area contributed by atoms with Gasteiger partial charge in [-0.3, -0.25) is 4.79 Å². The highest BCUT2D eigenvalue weighted by molar-refractivity contribution is 5.85. The third kappa shape index (κ3) is 5.04. The van der Waals surface area contributed by atoms with Crippen LogP contribution in [0.15, 0.2) is 30.3 Å². The minimum atomic E-state index is -0.983. The molecule has 0 spiro atoms. The van der Waals surface area contributed by atoms with Crippen LogP contribution in [0.4, 0.5) is 0 Å². The molecule has 1 unspecified atom stereocenters. The van der Waals surface area contributed by atoms with Crippen molar-refractivity contribution in [2.75, 3.05) is 6.61 Å². The van der Waals surface area contributed by atoms with Crippen molar-refractivity contribution in [2.45, 2.75) is 31.9 Å². The van der Waals surface area contributed by atoms with Crippen LogP contribution in [-0.4, -0.2) is 29.7 Å². The van der Waals surface area contributed by atoms with Gasteiger partial charge in [0.15, 0.2) is 0 Å². The van der Waals surface area contributed by atoms with Crippen LogP contribution in [-0.2, 0) is 20.9 Å². The number of carboxylic acids is 1. The zero-order chi connectivity index (χ0) is 15.1. The number of carboxylic acid groups (broad SMARTS) is 1. The van der Waals surface area contributed by atoms with Crippen LogP contribution in [0.2, 0.25) is 0 Å². The summed E-state index contributed by atoms with van der Waals surface area (Å²) in [5.74, 6) is -1.07.